The second-order valence-corrected chi connectivity index (χ2v) is 4.47. The molecule has 2 nitrogen and oxygen atoms in total. The molecule has 0 aromatic heterocycles. The van der Waals surface area contributed by atoms with Gasteiger partial charge in [0.25, 0.3) is 0 Å². The van der Waals surface area contributed by atoms with Crippen LogP contribution in [-0.4, -0.2) is 29.7 Å². The van der Waals surface area contributed by atoms with Crippen LogP contribution in [0.3, 0.4) is 0 Å². The molecule has 1 aromatic rings. The lowest BCUT2D eigenvalue weighted by molar-refractivity contribution is -0.358. The number of hydrogen-bond acceptors (Lipinski definition) is 2. The first-order chi connectivity index (χ1) is 9.94. The third-order valence-corrected chi connectivity index (χ3v) is 2.84. The van der Waals surface area contributed by atoms with Gasteiger partial charge in [0.15, 0.2) is 0 Å². The van der Waals surface area contributed by atoms with Crippen molar-refractivity contribution in [3.8, 4) is 5.75 Å². The third-order valence-electron chi connectivity index (χ3n) is 2.84. The molecule has 0 heterocycles. The standard InChI is InChI=1S/C13H13F7O2/c1-2-22-10-6-4-3-5-8(10)9(21)7-11(14,15)12(16,17)13(18,19)20/h3-6,9,21H,2,7H2,1H3. The van der Waals surface area contributed by atoms with Gasteiger partial charge in [0, 0.05) is 12.0 Å². The number of rotatable bonds is 6. The van der Waals surface area contributed by atoms with Gasteiger partial charge in [-0.2, -0.15) is 30.7 Å². The van der Waals surface area contributed by atoms with E-state index in [1.54, 1.807) is 6.92 Å². The molecule has 0 amide bonds. The number of ether oxygens (including phenoxy) is 1. The van der Waals surface area contributed by atoms with Crippen molar-refractivity contribution in [2.75, 3.05) is 6.61 Å². The second kappa shape index (κ2) is 6.31. The Labute approximate surface area is 121 Å². The Balaban J connectivity index is 3.04. The van der Waals surface area contributed by atoms with Crippen LogP contribution < -0.4 is 4.74 Å². The summed E-state index contributed by atoms with van der Waals surface area (Å²) in [5.74, 6) is -11.8. The van der Waals surface area contributed by atoms with Crippen molar-refractivity contribution in [3.63, 3.8) is 0 Å². The first-order valence-corrected chi connectivity index (χ1v) is 6.16. The summed E-state index contributed by atoms with van der Waals surface area (Å²) in [6.45, 7) is 1.65. The molecule has 1 aromatic carbocycles. The summed E-state index contributed by atoms with van der Waals surface area (Å²) >= 11 is 0. The minimum Gasteiger partial charge on any atom is -0.493 e. The van der Waals surface area contributed by atoms with Crippen LogP contribution in [-0.2, 0) is 0 Å². The lowest BCUT2D eigenvalue weighted by atomic mass is 9.98. The molecule has 0 spiro atoms. The molecule has 1 N–H and O–H groups in total. The number of benzene rings is 1. The fourth-order valence-electron chi connectivity index (χ4n) is 1.73. The van der Waals surface area contributed by atoms with E-state index in [4.69, 9.17) is 4.74 Å². The molecule has 0 radical (unpaired) electrons. The molecule has 0 aliphatic rings. The highest BCUT2D eigenvalue weighted by atomic mass is 19.4. The maximum atomic E-state index is 13.3. The molecule has 0 saturated carbocycles. The summed E-state index contributed by atoms with van der Waals surface area (Å²) in [7, 11) is 0. The zero-order chi connectivity index (χ0) is 17.2. The normalized spacial score (nSPS) is 14.8. The molecule has 0 fully saturated rings. The van der Waals surface area contributed by atoms with Crippen LogP contribution >= 0.6 is 0 Å². The number of alkyl halides is 7. The summed E-state index contributed by atoms with van der Waals surface area (Å²) in [6.07, 6.45) is -10.8. The highest BCUT2D eigenvalue weighted by Gasteiger charge is 2.72. The largest absolute Gasteiger partial charge is 0.493 e. The molecular formula is C13H13F7O2. The molecule has 1 unspecified atom stereocenters. The quantitative estimate of drug-likeness (QED) is 0.784. The zero-order valence-corrected chi connectivity index (χ0v) is 11.3. The Bertz CT molecular complexity index is 499. The minimum absolute atomic E-state index is 0.0661. The van der Waals surface area contributed by atoms with E-state index >= 15 is 0 Å². The summed E-state index contributed by atoms with van der Waals surface area (Å²) in [6, 6.07) is 5.13. The summed E-state index contributed by atoms with van der Waals surface area (Å²) < 4.78 is 93.3. The van der Waals surface area contributed by atoms with Crippen LogP contribution in [0.25, 0.3) is 0 Å². The van der Waals surface area contributed by atoms with Crippen molar-refractivity contribution in [1.82, 2.24) is 0 Å². The van der Waals surface area contributed by atoms with Crippen LogP contribution in [0.5, 0.6) is 5.75 Å². The molecule has 0 aliphatic heterocycles. The fraction of sp³-hybridized carbons (Fsp3) is 0.538. The van der Waals surface area contributed by atoms with Gasteiger partial charge >= 0.3 is 18.0 Å². The van der Waals surface area contributed by atoms with Crippen molar-refractivity contribution in [2.24, 2.45) is 0 Å². The maximum Gasteiger partial charge on any atom is 0.459 e. The molecule has 0 bridgehead atoms. The summed E-state index contributed by atoms with van der Waals surface area (Å²) in [5.41, 5.74) is -0.290. The molecule has 9 heteroatoms. The Kier molecular flexibility index (Phi) is 5.32. The average Bonchev–Trinajstić information content (AvgIpc) is 2.37. The molecule has 0 saturated heterocycles. The Morgan fingerprint density at radius 1 is 1.05 bits per heavy atom. The Morgan fingerprint density at radius 3 is 2.09 bits per heavy atom. The average molecular weight is 334 g/mol. The molecule has 126 valence electrons. The maximum absolute atomic E-state index is 13.3. The van der Waals surface area contributed by atoms with Crippen molar-refractivity contribution in [1.29, 1.82) is 0 Å². The number of para-hydroxylation sites is 1. The SMILES string of the molecule is CCOc1ccccc1C(O)CC(F)(F)C(F)(F)C(F)(F)F. The van der Waals surface area contributed by atoms with Gasteiger partial charge in [-0.1, -0.05) is 18.2 Å². The van der Waals surface area contributed by atoms with Crippen LogP contribution in [0, 0.1) is 0 Å². The van der Waals surface area contributed by atoms with Crippen LogP contribution in [0.2, 0.25) is 0 Å². The van der Waals surface area contributed by atoms with E-state index in [0.717, 1.165) is 6.07 Å². The van der Waals surface area contributed by atoms with Gasteiger partial charge in [0.1, 0.15) is 5.75 Å². The monoisotopic (exact) mass is 334 g/mol. The lowest BCUT2D eigenvalue weighted by Gasteiger charge is -2.30. The van der Waals surface area contributed by atoms with E-state index in [-0.39, 0.29) is 17.9 Å². The predicted molar refractivity (Wildman–Crippen MR) is 63.1 cm³/mol. The molecule has 22 heavy (non-hydrogen) atoms. The highest BCUT2D eigenvalue weighted by Crippen LogP contribution is 2.50. The van der Waals surface area contributed by atoms with E-state index in [1.165, 1.54) is 18.2 Å². The molecule has 1 rings (SSSR count). The van der Waals surface area contributed by atoms with Crippen molar-refractivity contribution >= 4 is 0 Å². The topological polar surface area (TPSA) is 29.5 Å². The highest BCUT2D eigenvalue weighted by molar-refractivity contribution is 5.35. The molecular weight excluding hydrogens is 321 g/mol. The van der Waals surface area contributed by atoms with Gasteiger partial charge in [-0.05, 0) is 13.0 Å². The summed E-state index contributed by atoms with van der Waals surface area (Å²) in [5, 5.41) is 9.63. The number of aliphatic hydroxyl groups excluding tert-OH is 1. The van der Waals surface area contributed by atoms with Gasteiger partial charge < -0.3 is 9.84 Å². The van der Waals surface area contributed by atoms with Crippen LogP contribution in [0.1, 0.15) is 25.0 Å². The number of halogens is 7. The van der Waals surface area contributed by atoms with Crippen LogP contribution in [0.4, 0.5) is 30.7 Å². The Morgan fingerprint density at radius 2 is 1.59 bits per heavy atom. The van der Waals surface area contributed by atoms with Crippen molar-refractivity contribution < 1.29 is 40.6 Å². The summed E-state index contributed by atoms with van der Waals surface area (Å²) in [4.78, 5) is 0. The fourth-order valence-corrected chi connectivity index (χ4v) is 1.73. The minimum atomic E-state index is -6.42. The van der Waals surface area contributed by atoms with Crippen molar-refractivity contribution in [2.45, 2.75) is 37.5 Å². The first kappa shape index (κ1) is 18.5. The predicted octanol–water partition coefficient (Wildman–Crippen LogP) is 4.34. The van der Waals surface area contributed by atoms with Crippen molar-refractivity contribution in [3.05, 3.63) is 29.8 Å². The lowest BCUT2D eigenvalue weighted by Crippen LogP contribution is -2.52. The molecule has 1 atom stereocenters. The first-order valence-electron chi connectivity index (χ1n) is 6.16. The molecule has 0 aliphatic carbocycles. The van der Waals surface area contributed by atoms with E-state index in [9.17, 15) is 35.8 Å². The van der Waals surface area contributed by atoms with E-state index in [2.05, 4.69) is 0 Å². The second-order valence-electron chi connectivity index (χ2n) is 4.47. The Hall–Kier alpha value is -1.51. The van der Waals surface area contributed by atoms with Gasteiger partial charge in [-0.25, -0.2) is 0 Å². The zero-order valence-electron chi connectivity index (χ0n) is 11.3. The van der Waals surface area contributed by atoms with Gasteiger partial charge in [-0.3, -0.25) is 0 Å². The van der Waals surface area contributed by atoms with Crippen LogP contribution in [0.15, 0.2) is 24.3 Å². The number of aliphatic hydroxyl groups is 1. The third kappa shape index (κ3) is 3.63. The van der Waals surface area contributed by atoms with Gasteiger partial charge in [0.05, 0.1) is 12.7 Å². The van der Waals surface area contributed by atoms with E-state index in [0.29, 0.717) is 0 Å². The van der Waals surface area contributed by atoms with E-state index < -0.39 is 30.5 Å². The smallest absolute Gasteiger partial charge is 0.459 e. The van der Waals surface area contributed by atoms with Gasteiger partial charge in [-0.15, -0.1) is 0 Å². The van der Waals surface area contributed by atoms with Gasteiger partial charge in [0.2, 0.25) is 0 Å². The number of hydrogen-bond donors (Lipinski definition) is 1. The van der Waals surface area contributed by atoms with E-state index in [1.807, 2.05) is 0 Å².